The van der Waals surface area contributed by atoms with Gasteiger partial charge in [-0.05, 0) is 19.1 Å². The summed E-state index contributed by atoms with van der Waals surface area (Å²) < 4.78 is 11.4. The minimum Gasteiger partial charge on any atom is -0.462 e. The molecule has 2 aromatic rings. The molecule has 2 amide bonds. The zero-order valence-corrected chi connectivity index (χ0v) is 12.5. The van der Waals surface area contributed by atoms with Crippen LogP contribution >= 0.6 is 0 Å². The molecule has 0 saturated heterocycles. The molecule has 22 heavy (non-hydrogen) atoms. The summed E-state index contributed by atoms with van der Waals surface area (Å²) in [5.41, 5.74) is 1.46. The highest BCUT2D eigenvalue weighted by Crippen LogP contribution is 2.17. The van der Waals surface area contributed by atoms with E-state index in [0.717, 1.165) is 0 Å². The number of fused-ring (bicyclic) bond motifs is 1. The van der Waals surface area contributed by atoms with Crippen LogP contribution in [0.4, 0.5) is 10.5 Å². The van der Waals surface area contributed by atoms with E-state index in [1.165, 1.54) is 6.20 Å². The normalized spacial score (nSPS) is 10.5. The van der Waals surface area contributed by atoms with E-state index in [9.17, 15) is 9.59 Å². The molecule has 8 heteroatoms. The maximum absolute atomic E-state index is 11.8. The number of nitrogens with zero attached hydrogens (tertiary/aromatic N) is 2. The molecule has 2 aromatic heterocycles. The number of pyridine rings is 1. The summed E-state index contributed by atoms with van der Waals surface area (Å²) in [6.07, 6.45) is 3.10. The van der Waals surface area contributed by atoms with Crippen LogP contribution in [0.1, 0.15) is 17.3 Å². The van der Waals surface area contributed by atoms with Gasteiger partial charge in [0, 0.05) is 25.5 Å². The minimum atomic E-state index is -0.445. The van der Waals surface area contributed by atoms with Gasteiger partial charge in [0.05, 0.1) is 24.9 Å². The Bertz CT molecular complexity index is 668. The van der Waals surface area contributed by atoms with E-state index in [2.05, 4.69) is 15.7 Å². The summed E-state index contributed by atoms with van der Waals surface area (Å²) in [6, 6.07) is 3.00. The summed E-state index contributed by atoms with van der Waals surface area (Å²) in [6.45, 7) is 2.87. The number of anilines is 1. The molecule has 0 aliphatic rings. The molecule has 0 fully saturated rings. The molecule has 2 N–H and O–H groups in total. The Morgan fingerprint density at radius 1 is 1.41 bits per heavy atom. The number of methoxy groups -OCH3 is 1. The van der Waals surface area contributed by atoms with Crippen LogP contribution in [0.5, 0.6) is 0 Å². The zero-order chi connectivity index (χ0) is 15.9. The number of hydrogen-bond acceptors (Lipinski definition) is 5. The second-order valence-corrected chi connectivity index (χ2v) is 4.40. The first-order chi connectivity index (χ1) is 10.7. The third-order valence-electron chi connectivity index (χ3n) is 2.87. The number of amides is 2. The Balaban J connectivity index is 2.13. The number of hydrogen-bond donors (Lipinski definition) is 2. The van der Waals surface area contributed by atoms with Gasteiger partial charge < -0.3 is 20.1 Å². The lowest BCUT2D eigenvalue weighted by atomic mass is 10.2. The molecular weight excluding hydrogens is 288 g/mol. The molecular formula is C14H18N4O4. The van der Waals surface area contributed by atoms with Crippen molar-refractivity contribution in [3.05, 3.63) is 30.1 Å². The molecule has 2 heterocycles. The fourth-order valence-electron chi connectivity index (χ4n) is 1.87. The molecule has 0 spiro atoms. The predicted octanol–water partition coefficient (Wildman–Crippen LogP) is 1.28. The van der Waals surface area contributed by atoms with Crippen LogP contribution in [0, 0.1) is 0 Å². The maximum atomic E-state index is 11.8. The highest BCUT2D eigenvalue weighted by atomic mass is 16.5. The molecule has 0 atom stereocenters. The summed E-state index contributed by atoms with van der Waals surface area (Å²) in [4.78, 5) is 23.5. The van der Waals surface area contributed by atoms with Crippen molar-refractivity contribution in [2.24, 2.45) is 0 Å². The van der Waals surface area contributed by atoms with Gasteiger partial charge >= 0.3 is 12.0 Å². The van der Waals surface area contributed by atoms with Gasteiger partial charge in [0.15, 0.2) is 0 Å². The number of ether oxygens (including phenoxy) is 2. The first-order valence-corrected chi connectivity index (χ1v) is 6.84. The lowest BCUT2D eigenvalue weighted by Gasteiger charge is -2.08. The summed E-state index contributed by atoms with van der Waals surface area (Å²) >= 11 is 0. The van der Waals surface area contributed by atoms with Gasteiger partial charge in [-0.1, -0.05) is 0 Å². The third kappa shape index (κ3) is 3.73. The molecule has 8 nitrogen and oxygen atoms in total. The molecule has 0 aliphatic carbocycles. The van der Waals surface area contributed by atoms with Gasteiger partial charge in [0.25, 0.3) is 0 Å². The van der Waals surface area contributed by atoms with Crippen LogP contribution in [0.3, 0.4) is 0 Å². The van der Waals surface area contributed by atoms with Crippen molar-refractivity contribution in [1.29, 1.82) is 0 Å². The van der Waals surface area contributed by atoms with Gasteiger partial charge in [0.1, 0.15) is 5.56 Å². The smallest absolute Gasteiger partial charge is 0.341 e. The Morgan fingerprint density at radius 3 is 2.95 bits per heavy atom. The van der Waals surface area contributed by atoms with Gasteiger partial charge in [-0.3, -0.25) is 0 Å². The lowest BCUT2D eigenvalue weighted by Crippen LogP contribution is -2.31. The highest BCUT2D eigenvalue weighted by molar-refractivity contribution is 5.98. The summed E-state index contributed by atoms with van der Waals surface area (Å²) in [5.74, 6) is -0.445. The van der Waals surface area contributed by atoms with E-state index >= 15 is 0 Å². The van der Waals surface area contributed by atoms with E-state index < -0.39 is 5.97 Å². The van der Waals surface area contributed by atoms with E-state index in [-0.39, 0.29) is 12.6 Å². The standard InChI is InChI=1S/C14H18N4O4/c1-3-22-13(19)11-9-16-18-6-4-10(8-12(11)18)17-14(20)15-5-7-21-2/h4,6,8-9H,3,5,7H2,1-2H3,(H2,15,17,20). The molecule has 2 rings (SSSR count). The van der Waals surface area contributed by atoms with Crippen molar-refractivity contribution in [1.82, 2.24) is 14.9 Å². The number of carbonyl (C=O) groups excluding carboxylic acids is 2. The average Bonchev–Trinajstić information content (AvgIpc) is 2.91. The van der Waals surface area contributed by atoms with Crippen LogP contribution in [0.2, 0.25) is 0 Å². The maximum Gasteiger partial charge on any atom is 0.341 e. The van der Waals surface area contributed by atoms with E-state index in [1.807, 2.05) is 0 Å². The van der Waals surface area contributed by atoms with Crippen molar-refractivity contribution in [3.8, 4) is 0 Å². The first-order valence-electron chi connectivity index (χ1n) is 6.84. The number of rotatable bonds is 6. The fourth-order valence-corrected chi connectivity index (χ4v) is 1.87. The monoisotopic (exact) mass is 306 g/mol. The van der Waals surface area contributed by atoms with Crippen LogP contribution in [0.25, 0.3) is 5.52 Å². The number of carbonyl (C=O) groups is 2. The molecule has 0 aliphatic heterocycles. The molecule has 118 valence electrons. The minimum absolute atomic E-state index is 0.288. The van der Waals surface area contributed by atoms with Gasteiger partial charge in [-0.15, -0.1) is 0 Å². The molecule has 0 radical (unpaired) electrons. The van der Waals surface area contributed by atoms with Crippen LogP contribution in [0.15, 0.2) is 24.5 Å². The Kier molecular flexibility index (Phi) is 5.31. The van der Waals surface area contributed by atoms with Crippen molar-refractivity contribution in [3.63, 3.8) is 0 Å². The molecule has 0 unspecified atom stereocenters. The molecule has 0 saturated carbocycles. The number of nitrogens with one attached hydrogen (secondary N) is 2. The average molecular weight is 306 g/mol. The molecule has 0 aromatic carbocycles. The zero-order valence-electron chi connectivity index (χ0n) is 12.5. The van der Waals surface area contributed by atoms with Crippen molar-refractivity contribution in [2.75, 3.05) is 32.2 Å². The SMILES string of the molecule is CCOC(=O)c1cnn2ccc(NC(=O)NCCOC)cc12. The highest BCUT2D eigenvalue weighted by Gasteiger charge is 2.14. The van der Waals surface area contributed by atoms with Crippen molar-refractivity contribution < 1.29 is 19.1 Å². The van der Waals surface area contributed by atoms with E-state index in [4.69, 9.17) is 9.47 Å². The number of aromatic nitrogens is 2. The van der Waals surface area contributed by atoms with Crippen molar-refractivity contribution >= 4 is 23.2 Å². The van der Waals surface area contributed by atoms with E-state index in [0.29, 0.717) is 29.9 Å². The largest absolute Gasteiger partial charge is 0.462 e. The van der Waals surface area contributed by atoms with Crippen molar-refractivity contribution in [2.45, 2.75) is 6.92 Å². The number of urea groups is 1. The van der Waals surface area contributed by atoms with E-state index in [1.54, 1.807) is 36.9 Å². The Labute approximate surface area is 127 Å². The second-order valence-electron chi connectivity index (χ2n) is 4.40. The first kappa shape index (κ1) is 15.8. The second kappa shape index (κ2) is 7.41. The van der Waals surface area contributed by atoms with Gasteiger partial charge in [0.2, 0.25) is 0 Å². The Morgan fingerprint density at radius 2 is 2.23 bits per heavy atom. The van der Waals surface area contributed by atoms with Gasteiger partial charge in [-0.25, -0.2) is 14.1 Å². The van der Waals surface area contributed by atoms with Crippen LogP contribution in [-0.4, -0.2) is 48.5 Å². The fraction of sp³-hybridized carbons (Fsp3) is 0.357. The topological polar surface area (TPSA) is 94.0 Å². The van der Waals surface area contributed by atoms with Crippen LogP contribution in [-0.2, 0) is 9.47 Å². The third-order valence-corrected chi connectivity index (χ3v) is 2.87. The quantitative estimate of drug-likeness (QED) is 0.619. The number of esters is 1. The Hall–Kier alpha value is -2.61. The summed E-state index contributed by atoms with van der Waals surface area (Å²) in [5, 5.41) is 9.40. The predicted molar refractivity (Wildman–Crippen MR) is 80.0 cm³/mol. The van der Waals surface area contributed by atoms with Gasteiger partial charge in [-0.2, -0.15) is 5.10 Å². The van der Waals surface area contributed by atoms with Crippen LogP contribution < -0.4 is 10.6 Å². The summed E-state index contributed by atoms with van der Waals surface area (Å²) in [7, 11) is 1.56. The lowest BCUT2D eigenvalue weighted by molar-refractivity contribution is 0.0528. The molecule has 0 bridgehead atoms.